The predicted octanol–water partition coefficient (Wildman–Crippen LogP) is 3.84. The van der Waals surface area contributed by atoms with Gasteiger partial charge in [0.1, 0.15) is 0 Å². The minimum atomic E-state index is -0.579. The molecule has 0 fully saturated rings. The van der Waals surface area contributed by atoms with Crippen molar-refractivity contribution in [2.75, 3.05) is 5.32 Å². The van der Waals surface area contributed by atoms with Crippen molar-refractivity contribution in [2.45, 2.75) is 0 Å². The van der Waals surface area contributed by atoms with E-state index in [1.54, 1.807) is 6.07 Å². The molecule has 1 amide bonds. The first-order valence-electron chi connectivity index (χ1n) is 4.94. The zero-order chi connectivity index (χ0) is 13.1. The van der Waals surface area contributed by atoms with Gasteiger partial charge in [-0.1, -0.05) is 15.9 Å². The van der Waals surface area contributed by atoms with Gasteiger partial charge >= 0.3 is 0 Å². The van der Waals surface area contributed by atoms with Crippen LogP contribution in [0.3, 0.4) is 0 Å². The molecule has 92 valence electrons. The number of benzene rings is 1. The van der Waals surface area contributed by atoms with Crippen molar-refractivity contribution in [3.8, 4) is 0 Å². The Morgan fingerprint density at radius 1 is 1.33 bits per heavy atom. The van der Waals surface area contributed by atoms with Gasteiger partial charge in [-0.15, -0.1) is 0 Å². The lowest BCUT2D eigenvalue weighted by molar-refractivity contribution is 0.102. The van der Waals surface area contributed by atoms with E-state index in [1.807, 2.05) is 12.1 Å². The molecule has 6 heteroatoms. The van der Waals surface area contributed by atoms with Crippen molar-refractivity contribution in [3.63, 3.8) is 0 Å². The smallest absolute Gasteiger partial charge is 0.256 e. The number of nitrogens with one attached hydrogen (secondary N) is 1. The average Bonchev–Trinajstić information content (AvgIpc) is 2.35. The standard InChI is InChI=1S/C12H7BrFIN2O/c13-7-1-3-10(15)9(5-7)12(18)17-8-2-4-11(14)16-6-8/h1-6H,(H,17,18). The second-order valence-electron chi connectivity index (χ2n) is 3.45. The first kappa shape index (κ1) is 13.4. The third-order valence-electron chi connectivity index (χ3n) is 2.16. The maximum absolute atomic E-state index is 12.6. The Kier molecular flexibility index (Phi) is 4.28. The number of hydrogen-bond acceptors (Lipinski definition) is 2. The van der Waals surface area contributed by atoms with E-state index in [2.05, 4.69) is 48.8 Å². The highest BCUT2D eigenvalue weighted by Gasteiger charge is 2.10. The van der Waals surface area contributed by atoms with Crippen LogP contribution in [0, 0.1) is 9.52 Å². The lowest BCUT2D eigenvalue weighted by atomic mass is 10.2. The molecule has 1 heterocycles. The summed E-state index contributed by atoms with van der Waals surface area (Å²) in [5.74, 6) is -0.834. The molecule has 3 nitrogen and oxygen atoms in total. The minimum absolute atomic E-state index is 0.255. The Balaban J connectivity index is 2.21. The van der Waals surface area contributed by atoms with Crippen LogP contribution in [0.25, 0.3) is 0 Å². The molecule has 0 saturated heterocycles. The van der Waals surface area contributed by atoms with Crippen molar-refractivity contribution in [1.29, 1.82) is 0 Å². The van der Waals surface area contributed by atoms with Gasteiger partial charge in [0.15, 0.2) is 0 Å². The molecular formula is C12H7BrFIN2O. The molecule has 0 spiro atoms. The SMILES string of the molecule is O=C(Nc1ccc(F)nc1)c1cc(Br)ccc1I. The number of carbonyl (C=O) groups excluding carboxylic acids is 1. The summed E-state index contributed by atoms with van der Waals surface area (Å²) >= 11 is 5.40. The highest BCUT2D eigenvalue weighted by molar-refractivity contribution is 14.1. The molecule has 1 aromatic heterocycles. The van der Waals surface area contributed by atoms with E-state index in [1.165, 1.54) is 18.3 Å². The van der Waals surface area contributed by atoms with Gasteiger partial charge < -0.3 is 5.32 Å². The largest absolute Gasteiger partial charge is 0.321 e. The Labute approximate surface area is 125 Å². The molecule has 0 atom stereocenters. The highest BCUT2D eigenvalue weighted by Crippen LogP contribution is 2.19. The molecule has 1 aromatic carbocycles. The Morgan fingerprint density at radius 2 is 2.11 bits per heavy atom. The van der Waals surface area contributed by atoms with Crippen molar-refractivity contribution >= 4 is 50.1 Å². The fraction of sp³-hybridized carbons (Fsp3) is 0. The summed E-state index contributed by atoms with van der Waals surface area (Å²) < 4.78 is 14.3. The van der Waals surface area contributed by atoms with Crippen LogP contribution in [0.2, 0.25) is 0 Å². The Morgan fingerprint density at radius 3 is 2.78 bits per heavy atom. The first-order valence-corrected chi connectivity index (χ1v) is 6.81. The van der Waals surface area contributed by atoms with E-state index >= 15 is 0 Å². The summed E-state index contributed by atoms with van der Waals surface area (Å²) in [5, 5.41) is 2.66. The summed E-state index contributed by atoms with van der Waals surface area (Å²) in [4.78, 5) is 15.5. The zero-order valence-electron chi connectivity index (χ0n) is 8.95. The van der Waals surface area contributed by atoms with Crippen molar-refractivity contribution in [3.05, 3.63) is 56.1 Å². The molecule has 1 N–H and O–H groups in total. The maximum atomic E-state index is 12.6. The fourth-order valence-corrected chi connectivity index (χ4v) is 2.26. The summed E-state index contributed by atoms with van der Waals surface area (Å²) in [6.45, 7) is 0. The van der Waals surface area contributed by atoms with Crippen molar-refractivity contribution in [2.24, 2.45) is 0 Å². The second-order valence-corrected chi connectivity index (χ2v) is 5.53. The van der Waals surface area contributed by atoms with Gasteiger partial charge in [-0.2, -0.15) is 4.39 Å². The Hall–Kier alpha value is -1.02. The van der Waals surface area contributed by atoms with Crippen LogP contribution < -0.4 is 5.32 Å². The number of halogens is 3. The zero-order valence-corrected chi connectivity index (χ0v) is 12.7. The molecular weight excluding hydrogens is 414 g/mol. The number of aromatic nitrogens is 1. The molecule has 2 aromatic rings. The topological polar surface area (TPSA) is 42.0 Å². The quantitative estimate of drug-likeness (QED) is 0.592. The number of nitrogens with zero attached hydrogens (tertiary/aromatic N) is 1. The number of rotatable bonds is 2. The van der Waals surface area contributed by atoms with E-state index in [4.69, 9.17) is 0 Å². The lowest BCUT2D eigenvalue weighted by Crippen LogP contribution is -2.13. The highest BCUT2D eigenvalue weighted by atomic mass is 127. The van der Waals surface area contributed by atoms with Gasteiger partial charge in [0.05, 0.1) is 17.4 Å². The fourth-order valence-electron chi connectivity index (χ4n) is 1.32. The molecule has 2 rings (SSSR count). The molecule has 0 aliphatic carbocycles. The monoisotopic (exact) mass is 420 g/mol. The van der Waals surface area contributed by atoms with Crippen LogP contribution in [0.1, 0.15) is 10.4 Å². The third kappa shape index (κ3) is 3.26. The van der Waals surface area contributed by atoms with Gasteiger partial charge in [0.25, 0.3) is 5.91 Å². The maximum Gasteiger partial charge on any atom is 0.256 e. The molecule has 0 aliphatic heterocycles. The van der Waals surface area contributed by atoms with E-state index in [0.29, 0.717) is 11.3 Å². The summed E-state index contributed by atoms with van der Waals surface area (Å²) in [7, 11) is 0. The van der Waals surface area contributed by atoms with Gasteiger partial charge in [-0.25, -0.2) is 4.98 Å². The van der Waals surface area contributed by atoms with E-state index in [0.717, 1.165) is 8.04 Å². The molecule has 18 heavy (non-hydrogen) atoms. The third-order valence-corrected chi connectivity index (χ3v) is 3.59. The second kappa shape index (κ2) is 5.75. The number of hydrogen-bond donors (Lipinski definition) is 1. The molecule has 0 unspecified atom stereocenters. The Bertz CT molecular complexity index is 589. The number of carbonyl (C=O) groups is 1. The van der Waals surface area contributed by atoms with Crippen LogP contribution in [-0.2, 0) is 0 Å². The lowest BCUT2D eigenvalue weighted by Gasteiger charge is -2.07. The molecule has 0 bridgehead atoms. The summed E-state index contributed by atoms with van der Waals surface area (Å²) in [6, 6.07) is 8.08. The average molecular weight is 421 g/mol. The number of amides is 1. The van der Waals surface area contributed by atoms with Crippen LogP contribution >= 0.6 is 38.5 Å². The first-order chi connectivity index (χ1) is 8.56. The van der Waals surface area contributed by atoms with E-state index < -0.39 is 5.95 Å². The normalized spacial score (nSPS) is 10.2. The van der Waals surface area contributed by atoms with Crippen molar-refractivity contribution < 1.29 is 9.18 Å². The minimum Gasteiger partial charge on any atom is -0.321 e. The molecule has 0 radical (unpaired) electrons. The molecule has 0 saturated carbocycles. The predicted molar refractivity (Wildman–Crippen MR) is 79.0 cm³/mol. The number of anilines is 1. The van der Waals surface area contributed by atoms with Gasteiger partial charge in [0.2, 0.25) is 5.95 Å². The summed E-state index contributed by atoms with van der Waals surface area (Å²) in [6.07, 6.45) is 1.28. The summed E-state index contributed by atoms with van der Waals surface area (Å²) in [5.41, 5.74) is 1.01. The number of pyridine rings is 1. The van der Waals surface area contributed by atoms with Crippen LogP contribution in [0.5, 0.6) is 0 Å². The van der Waals surface area contributed by atoms with Crippen LogP contribution in [-0.4, -0.2) is 10.9 Å². The van der Waals surface area contributed by atoms with Crippen LogP contribution in [0.15, 0.2) is 41.0 Å². The van der Waals surface area contributed by atoms with Gasteiger partial charge in [-0.05, 0) is 52.9 Å². The molecule has 0 aliphatic rings. The van der Waals surface area contributed by atoms with Gasteiger partial charge in [0, 0.05) is 8.04 Å². The van der Waals surface area contributed by atoms with Gasteiger partial charge in [-0.3, -0.25) is 4.79 Å². The van der Waals surface area contributed by atoms with E-state index in [-0.39, 0.29) is 5.91 Å². The van der Waals surface area contributed by atoms with Crippen LogP contribution in [0.4, 0.5) is 10.1 Å². The van der Waals surface area contributed by atoms with Crippen molar-refractivity contribution in [1.82, 2.24) is 4.98 Å². The van der Waals surface area contributed by atoms with E-state index in [9.17, 15) is 9.18 Å².